The van der Waals surface area contributed by atoms with Crippen molar-refractivity contribution in [2.45, 2.75) is 38.8 Å². The zero-order valence-electron chi connectivity index (χ0n) is 11.0. The Morgan fingerprint density at radius 1 is 1.39 bits per heavy atom. The molecule has 2 fully saturated rings. The van der Waals surface area contributed by atoms with Crippen LogP contribution in [-0.4, -0.2) is 19.1 Å². The number of halogens is 1. The Bertz CT molecular complexity index is 433. The van der Waals surface area contributed by atoms with E-state index < -0.39 is 0 Å². The molecule has 0 amide bonds. The molecule has 1 aliphatic heterocycles. The summed E-state index contributed by atoms with van der Waals surface area (Å²) in [7, 11) is 0. The van der Waals surface area contributed by atoms with Crippen LogP contribution in [0.4, 0.5) is 5.69 Å². The highest BCUT2D eigenvalue weighted by atomic mass is 79.9. The van der Waals surface area contributed by atoms with E-state index in [1.54, 1.807) is 0 Å². The summed E-state index contributed by atoms with van der Waals surface area (Å²) in [6.07, 6.45) is 4.24. The van der Waals surface area contributed by atoms with E-state index in [1.807, 2.05) is 0 Å². The monoisotopic (exact) mass is 308 g/mol. The van der Waals surface area contributed by atoms with Gasteiger partial charge in [0.05, 0.1) is 5.69 Å². The van der Waals surface area contributed by atoms with Crippen molar-refractivity contribution >= 4 is 21.6 Å². The van der Waals surface area contributed by atoms with Gasteiger partial charge in [0.25, 0.3) is 0 Å². The maximum Gasteiger partial charge on any atom is 0.0513 e. The van der Waals surface area contributed by atoms with Gasteiger partial charge in [0.15, 0.2) is 0 Å². The van der Waals surface area contributed by atoms with Crippen LogP contribution in [0.25, 0.3) is 0 Å². The molecule has 0 radical (unpaired) electrons. The molecule has 1 aliphatic carbocycles. The van der Waals surface area contributed by atoms with E-state index in [0.29, 0.717) is 0 Å². The van der Waals surface area contributed by atoms with Crippen molar-refractivity contribution in [2.75, 3.05) is 18.0 Å². The predicted octanol–water partition coefficient (Wildman–Crippen LogP) is 3.55. The predicted molar refractivity (Wildman–Crippen MR) is 80.0 cm³/mol. The lowest BCUT2D eigenvalue weighted by atomic mass is 10.1. The van der Waals surface area contributed by atoms with Crippen molar-refractivity contribution in [3.8, 4) is 0 Å². The molecule has 98 valence electrons. The molecule has 2 unspecified atom stereocenters. The highest BCUT2D eigenvalue weighted by Crippen LogP contribution is 2.42. The van der Waals surface area contributed by atoms with Gasteiger partial charge in [0, 0.05) is 23.6 Å². The fourth-order valence-corrected chi connectivity index (χ4v) is 4.04. The molecule has 1 N–H and O–H groups in total. The Balaban J connectivity index is 1.77. The highest BCUT2D eigenvalue weighted by molar-refractivity contribution is 9.10. The Hall–Kier alpha value is -0.540. The smallest absolute Gasteiger partial charge is 0.0513 e. The van der Waals surface area contributed by atoms with Crippen LogP contribution in [-0.2, 0) is 6.54 Å². The van der Waals surface area contributed by atoms with Crippen LogP contribution >= 0.6 is 15.9 Å². The summed E-state index contributed by atoms with van der Waals surface area (Å²) in [5.74, 6) is 0.948. The van der Waals surface area contributed by atoms with Gasteiger partial charge in [0.2, 0.25) is 0 Å². The van der Waals surface area contributed by atoms with Crippen molar-refractivity contribution in [1.82, 2.24) is 5.32 Å². The van der Waals surface area contributed by atoms with Crippen LogP contribution in [0.1, 0.15) is 31.7 Å². The van der Waals surface area contributed by atoms with E-state index in [0.717, 1.165) is 25.0 Å². The number of hydrogen-bond donors (Lipinski definition) is 1. The van der Waals surface area contributed by atoms with Crippen LogP contribution in [0.15, 0.2) is 22.7 Å². The highest BCUT2D eigenvalue weighted by Gasteiger charge is 2.38. The summed E-state index contributed by atoms with van der Waals surface area (Å²) in [4.78, 5) is 2.61. The Kier molecular flexibility index (Phi) is 3.62. The topological polar surface area (TPSA) is 15.3 Å². The van der Waals surface area contributed by atoms with E-state index >= 15 is 0 Å². The molecule has 2 bridgehead atoms. The Morgan fingerprint density at radius 3 is 2.89 bits per heavy atom. The normalized spacial score (nSPS) is 26.0. The lowest BCUT2D eigenvalue weighted by Crippen LogP contribution is -2.32. The van der Waals surface area contributed by atoms with Gasteiger partial charge in [-0.25, -0.2) is 0 Å². The summed E-state index contributed by atoms with van der Waals surface area (Å²) in [5, 5.41) is 3.37. The van der Waals surface area contributed by atoms with Crippen LogP contribution < -0.4 is 10.2 Å². The van der Waals surface area contributed by atoms with E-state index in [-0.39, 0.29) is 0 Å². The summed E-state index contributed by atoms with van der Waals surface area (Å²) in [5.41, 5.74) is 2.75. The van der Waals surface area contributed by atoms with Gasteiger partial charge < -0.3 is 10.2 Å². The van der Waals surface area contributed by atoms with Crippen LogP contribution in [0.2, 0.25) is 0 Å². The summed E-state index contributed by atoms with van der Waals surface area (Å²) in [6.45, 7) is 5.39. The first-order valence-corrected chi connectivity index (χ1v) is 7.83. The molecule has 2 nitrogen and oxygen atoms in total. The molecule has 0 spiro atoms. The molecular weight excluding hydrogens is 288 g/mol. The third-order valence-corrected chi connectivity index (χ3v) is 4.95. The minimum atomic E-state index is 0.797. The summed E-state index contributed by atoms with van der Waals surface area (Å²) < 4.78 is 1.26. The molecular formula is C15H21BrN2. The van der Waals surface area contributed by atoms with Crippen LogP contribution in [0.3, 0.4) is 0 Å². The second-order valence-electron chi connectivity index (χ2n) is 5.55. The number of hydrogen-bond acceptors (Lipinski definition) is 2. The summed E-state index contributed by atoms with van der Waals surface area (Å²) >= 11 is 3.75. The zero-order valence-corrected chi connectivity index (χ0v) is 12.5. The van der Waals surface area contributed by atoms with Crippen LogP contribution in [0, 0.1) is 5.92 Å². The first-order chi connectivity index (χ1) is 8.78. The lowest BCUT2D eigenvalue weighted by Gasteiger charge is -2.30. The standard InChI is InChI=1S/C15H21BrN2/c1-2-17-9-11-4-6-15(14(16)8-11)18-10-12-3-5-13(18)7-12/h4,6,8,12-13,17H,2-3,5,7,9-10H2,1H3. The maximum atomic E-state index is 3.75. The van der Waals surface area contributed by atoms with Gasteiger partial charge in [-0.3, -0.25) is 0 Å². The van der Waals surface area contributed by atoms with Crippen LogP contribution in [0.5, 0.6) is 0 Å². The number of benzene rings is 1. The van der Waals surface area contributed by atoms with Crippen molar-refractivity contribution in [2.24, 2.45) is 5.92 Å². The molecule has 3 rings (SSSR count). The molecule has 1 heterocycles. The number of nitrogens with one attached hydrogen (secondary N) is 1. The molecule has 0 aromatic heterocycles. The Morgan fingerprint density at radius 2 is 2.28 bits per heavy atom. The van der Waals surface area contributed by atoms with E-state index in [4.69, 9.17) is 0 Å². The minimum Gasteiger partial charge on any atom is -0.367 e. The zero-order chi connectivity index (χ0) is 12.5. The maximum absolute atomic E-state index is 3.75. The van der Waals surface area contributed by atoms with Crippen molar-refractivity contribution in [3.05, 3.63) is 28.2 Å². The van der Waals surface area contributed by atoms with Gasteiger partial charge in [-0.2, -0.15) is 0 Å². The SMILES string of the molecule is CCNCc1ccc(N2CC3CCC2C3)c(Br)c1. The fourth-order valence-electron chi connectivity index (χ4n) is 3.38. The number of anilines is 1. The molecule has 1 aromatic rings. The van der Waals surface area contributed by atoms with E-state index in [1.165, 1.54) is 41.5 Å². The first kappa shape index (κ1) is 12.5. The van der Waals surface area contributed by atoms with E-state index in [2.05, 4.69) is 51.3 Å². The third kappa shape index (κ3) is 2.30. The third-order valence-electron chi connectivity index (χ3n) is 4.31. The quantitative estimate of drug-likeness (QED) is 0.915. The van der Waals surface area contributed by atoms with Crippen molar-refractivity contribution in [1.29, 1.82) is 0 Å². The number of nitrogens with zero attached hydrogens (tertiary/aromatic N) is 1. The average molecular weight is 309 g/mol. The van der Waals surface area contributed by atoms with Crippen molar-refractivity contribution in [3.63, 3.8) is 0 Å². The lowest BCUT2D eigenvalue weighted by molar-refractivity contribution is 0.553. The van der Waals surface area contributed by atoms with Gasteiger partial charge in [-0.1, -0.05) is 13.0 Å². The first-order valence-electron chi connectivity index (χ1n) is 7.03. The van der Waals surface area contributed by atoms with Gasteiger partial charge in [0.1, 0.15) is 0 Å². The molecule has 1 saturated heterocycles. The van der Waals surface area contributed by atoms with Crippen molar-refractivity contribution < 1.29 is 0 Å². The molecule has 2 aliphatic rings. The molecule has 1 saturated carbocycles. The molecule has 2 atom stereocenters. The minimum absolute atomic E-state index is 0.797. The van der Waals surface area contributed by atoms with Gasteiger partial charge >= 0.3 is 0 Å². The molecule has 18 heavy (non-hydrogen) atoms. The fraction of sp³-hybridized carbons (Fsp3) is 0.600. The number of fused-ring (bicyclic) bond motifs is 2. The molecule has 1 aromatic carbocycles. The second-order valence-corrected chi connectivity index (χ2v) is 6.41. The number of rotatable bonds is 4. The largest absolute Gasteiger partial charge is 0.367 e. The average Bonchev–Trinajstić information content (AvgIpc) is 2.98. The van der Waals surface area contributed by atoms with E-state index in [9.17, 15) is 0 Å². The number of piperidine rings is 1. The summed E-state index contributed by atoms with van der Waals surface area (Å²) in [6, 6.07) is 7.61. The second kappa shape index (κ2) is 5.22. The van der Waals surface area contributed by atoms with Gasteiger partial charge in [-0.15, -0.1) is 0 Å². The van der Waals surface area contributed by atoms with Gasteiger partial charge in [-0.05, 0) is 65.4 Å². The Labute approximate surface area is 118 Å². The molecule has 3 heteroatoms.